The summed E-state index contributed by atoms with van der Waals surface area (Å²) in [6.45, 7) is 0. The fourth-order valence-electron chi connectivity index (χ4n) is 2.29. The highest BCUT2D eigenvalue weighted by Gasteiger charge is 2.26. The van der Waals surface area contributed by atoms with Gasteiger partial charge in [-0.3, -0.25) is 10.1 Å². The van der Waals surface area contributed by atoms with Gasteiger partial charge in [-0.2, -0.15) is 0 Å². The van der Waals surface area contributed by atoms with E-state index in [1.54, 1.807) is 12.1 Å². The van der Waals surface area contributed by atoms with Crippen molar-refractivity contribution in [2.24, 2.45) is 0 Å². The monoisotopic (exact) mass is 329 g/mol. The largest absolute Gasteiger partial charge is 0.481 e. The first-order valence-corrected chi connectivity index (χ1v) is 7.16. The van der Waals surface area contributed by atoms with Crippen molar-refractivity contribution in [3.05, 3.63) is 32.8 Å². The zero-order valence-electron chi connectivity index (χ0n) is 10.4. The van der Waals surface area contributed by atoms with Crippen LogP contribution in [0.4, 0.5) is 5.69 Å². The van der Waals surface area contributed by atoms with Crippen LogP contribution in [0.5, 0.6) is 5.75 Å². The van der Waals surface area contributed by atoms with E-state index in [1.165, 1.54) is 6.07 Å². The molecule has 0 aromatic heterocycles. The van der Waals surface area contributed by atoms with Crippen LogP contribution in [0, 0.1) is 10.1 Å². The van der Waals surface area contributed by atoms with Gasteiger partial charge in [-0.05, 0) is 31.4 Å². The number of hydrogen-bond donors (Lipinski definition) is 1. The van der Waals surface area contributed by atoms with E-state index in [4.69, 9.17) is 4.74 Å². The maximum absolute atomic E-state index is 11.0. The second kappa shape index (κ2) is 6.34. The minimum atomic E-state index is -0.550. The number of aliphatic hydroxyl groups excluding tert-OH is 1. The number of ether oxygens (including phenoxy) is 1. The lowest BCUT2D eigenvalue weighted by Crippen LogP contribution is -2.30. The standard InChI is InChI=1S/C13H16BrNO4/c14-9-6-7-12(10(8-9)15(17)18)19-13-5-3-1-2-4-11(13)16/h6-8,11,13,16H,1-5H2. The van der Waals surface area contributed by atoms with Crippen LogP contribution < -0.4 is 4.74 Å². The number of nitro benzene ring substituents is 1. The van der Waals surface area contributed by atoms with Gasteiger partial charge >= 0.3 is 5.69 Å². The molecule has 2 rings (SSSR count). The molecule has 19 heavy (non-hydrogen) atoms. The van der Waals surface area contributed by atoms with E-state index < -0.39 is 11.0 Å². The van der Waals surface area contributed by atoms with Crippen molar-refractivity contribution >= 4 is 21.6 Å². The van der Waals surface area contributed by atoms with E-state index in [1.807, 2.05) is 0 Å². The maximum atomic E-state index is 11.0. The zero-order chi connectivity index (χ0) is 13.8. The Morgan fingerprint density at radius 3 is 2.79 bits per heavy atom. The van der Waals surface area contributed by atoms with Crippen molar-refractivity contribution < 1.29 is 14.8 Å². The van der Waals surface area contributed by atoms with Crippen LogP contribution in [0.25, 0.3) is 0 Å². The number of nitro groups is 1. The third kappa shape index (κ3) is 3.67. The number of halogens is 1. The topological polar surface area (TPSA) is 72.6 Å². The van der Waals surface area contributed by atoms with Crippen LogP contribution in [0.2, 0.25) is 0 Å². The molecule has 0 amide bonds. The molecule has 5 nitrogen and oxygen atoms in total. The fourth-order valence-corrected chi connectivity index (χ4v) is 2.64. The van der Waals surface area contributed by atoms with Crippen LogP contribution in [0.1, 0.15) is 32.1 Å². The minimum Gasteiger partial charge on any atom is -0.481 e. The molecular weight excluding hydrogens is 314 g/mol. The molecule has 1 aliphatic rings. The number of rotatable bonds is 3. The van der Waals surface area contributed by atoms with Gasteiger partial charge in [0.2, 0.25) is 0 Å². The molecule has 1 aromatic carbocycles. The van der Waals surface area contributed by atoms with Crippen LogP contribution in [0.15, 0.2) is 22.7 Å². The number of benzene rings is 1. The molecule has 0 saturated heterocycles. The van der Waals surface area contributed by atoms with Gasteiger partial charge in [-0.1, -0.05) is 28.8 Å². The van der Waals surface area contributed by atoms with Crippen molar-refractivity contribution in [2.75, 3.05) is 0 Å². The summed E-state index contributed by atoms with van der Waals surface area (Å²) in [6, 6.07) is 4.68. The summed E-state index contributed by atoms with van der Waals surface area (Å²) in [5.74, 6) is 0.221. The van der Waals surface area contributed by atoms with Crippen molar-refractivity contribution in [3.8, 4) is 5.75 Å². The Morgan fingerprint density at radius 1 is 1.32 bits per heavy atom. The van der Waals surface area contributed by atoms with E-state index in [0.29, 0.717) is 10.9 Å². The first-order chi connectivity index (χ1) is 9.08. The van der Waals surface area contributed by atoms with Gasteiger partial charge in [0.1, 0.15) is 6.10 Å². The third-order valence-corrected chi connectivity index (χ3v) is 3.81. The number of hydrogen-bond acceptors (Lipinski definition) is 4. The van der Waals surface area contributed by atoms with E-state index in [9.17, 15) is 15.2 Å². The van der Waals surface area contributed by atoms with Gasteiger partial charge in [-0.15, -0.1) is 0 Å². The Morgan fingerprint density at radius 2 is 2.05 bits per heavy atom. The highest BCUT2D eigenvalue weighted by Crippen LogP contribution is 2.32. The Labute approximate surface area is 119 Å². The van der Waals surface area contributed by atoms with E-state index in [0.717, 1.165) is 25.7 Å². The molecule has 0 bridgehead atoms. The lowest BCUT2D eigenvalue weighted by Gasteiger charge is -2.21. The molecule has 0 aliphatic heterocycles. The molecule has 2 atom stereocenters. The first kappa shape index (κ1) is 14.3. The summed E-state index contributed by atoms with van der Waals surface area (Å²) >= 11 is 3.20. The highest BCUT2D eigenvalue weighted by atomic mass is 79.9. The second-order valence-electron chi connectivity index (χ2n) is 4.73. The normalized spacial score (nSPS) is 23.7. The van der Waals surface area contributed by atoms with Crippen molar-refractivity contribution in [3.63, 3.8) is 0 Å². The minimum absolute atomic E-state index is 0.0779. The summed E-state index contributed by atoms with van der Waals surface area (Å²) in [6.07, 6.45) is 3.53. The molecule has 1 aliphatic carbocycles. The van der Waals surface area contributed by atoms with Gasteiger partial charge in [0.25, 0.3) is 0 Å². The number of aliphatic hydroxyl groups is 1. The van der Waals surface area contributed by atoms with Gasteiger partial charge in [0.05, 0.1) is 11.0 Å². The smallest absolute Gasteiger partial charge is 0.312 e. The fraction of sp³-hybridized carbons (Fsp3) is 0.538. The molecule has 1 N–H and O–H groups in total. The molecule has 1 aromatic rings. The molecule has 0 heterocycles. The first-order valence-electron chi connectivity index (χ1n) is 6.36. The number of nitrogens with zero attached hydrogens (tertiary/aromatic N) is 1. The van der Waals surface area contributed by atoms with Crippen LogP contribution >= 0.6 is 15.9 Å². The summed E-state index contributed by atoms with van der Waals surface area (Å²) < 4.78 is 6.31. The lowest BCUT2D eigenvalue weighted by atomic mass is 10.1. The second-order valence-corrected chi connectivity index (χ2v) is 5.65. The molecule has 1 fully saturated rings. The van der Waals surface area contributed by atoms with Gasteiger partial charge in [0.15, 0.2) is 5.75 Å². The molecule has 104 valence electrons. The average Bonchev–Trinajstić information content (AvgIpc) is 2.57. The predicted molar refractivity (Wildman–Crippen MR) is 74.3 cm³/mol. The molecule has 0 radical (unpaired) electrons. The molecular formula is C13H16BrNO4. The summed E-state index contributed by atoms with van der Waals surface area (Å²) in [5, 5.41) is 21.0. The Balaban J connectivity index is 2.19. The van der Waals surface area contributed by atoms with Crippen molar-refractivity contribution in [2.45, 2.75) is 44.3 Å². The van der Waals surface area contributed by atoms with Gasteiger partial charge < -0.3 is 9.84 Å². The maximum Gasteiger partial charge on any atom is 0.312 e. The Hall–Kier alpha value is -1.14. The quantitative estimate of drug-likeness (QED) is 0.523. The van der Waals surface area contributed by atoms with E-state index >= 15 is 0 Å². The summed E-state index contributed by atoms with van der Waals surface area (Å²) in [7, 11) is 0. The van der Waals surface area contributed by atoms with Crippen LogP contribution in [0.3, 0.4) is 0 Å². The molecule has 6 heteroatoms. The van der Waals surface area contributed by atoms with Crippen molar-refractivity contribution in [1.29, 1.82) is 0 Å². The zero-order valence-corrected chi connectivity index (χ0v) is 12.0. The highest BCUT2D eigenvalue weighted by molar-refractivity contribution is 9.10. The van der Waals surface area contributed by atoms with Crippen LogP contribution in [-0.4, -0.2) is 22.2 Å². The molecule has 0 spiro atoms. The van der Waals surface area contributed by atoms with Gasteiger partial charge in [-0.25, -0.2) is 0 Å². The summed E-state index contributed by atoms with van der Waals surface area (Å²) in [4.78, 5) is 10.5. The Kier molecular flexibility index (Phi) is 4.76. The SMILES string of the molecule is O=[N+]([O-])c1cc(Br)ccc1OC1CCCCCC1O. The summed E-state index contributed by atoms with van der Waals surface area (Å²) in [5.41, 5.74) is -0.0779. The van der Waals surface area contributed by atoms with Crippen molar-refractivity contribution in [1.82, 2.24) is 0 Å². The van der Waals surface area contributed by atoms with E-state index in [-0.39, 0.29) is 17.5 Å². The van der Waals surface area contributed by atoms with Gasteiger partial charge in [0, 0.05) is 10.5 Å². The Bertz CT molecular complexity index is 466. The molecule has 2 unspecified atom stereocenters. The predicted octanol–water partition coefficient (Wildman–Crippen LogP) is 3.43. The average molecular weight is 330 g/mol. The molecule has 1 saturated carbocycles. The van der Waals surface area contributed by atoms with E-state index in [2.05, 4.69) is 15.9 Å². The third-order valence-electron chi connectivity index (χ3n) is 3.31. The van der Waals surface area contributed by atoms with Crippen LogP contribution in [-0.2, 0) is 0 Å². The lowest BCUT2D eigenvalue weighted by molar-refractivity contribution is -0.386.